The van der Waals surface area contributed by atoms with Crippen LogP contribution in [0.1, 0.15) is 63.5 Å². The molecule has 0 fully saturated rings. The van der Waals surface area contributed by atoms with Gasteiger partial charge in [0.2, 0.25) is 0 Å². The van der Waals surface area contributed by atoms with Gasteiger partial charge in [0.05, 0.1) is 0 Å². The third-order valence-corrected chi connectivity index (χ3v) is 3.16. The highest BCUT2D eigenvalue weighted by molar-refractivity contribution is 5.14. The number of unbranched alkanes of at least 4 members (excludes halogenated alkanes) is 5. The minimum absolute atomic E-state index is 0.268. The molecule has 0 spiro atoms. The first-order chi connectivity index (χ1) is 8.38. The van der Waals surface area contributed by atoms with Crippen LogP contribution < -0.4 is 11.3 Å². The van der Waals surface area contributed by atoms with Crippen LogP contribution in [0.15, 0.2) is 24.5 Å². The number of hydrazine groups is 1. The van der Waals surface area contributed by atoms with Gasteiger partial charge in [-0.25, -0.2) is 0 Å². The van der Waals surface area contributed by atoms with Gasteiger partial charge in [0.25, 0.3) is 0 Å². The largest absolute Gasteiger partial charge is 0.271 e. The molecule has 0 aliphatic rings. The van der Waals surface area contributed by atoms with Gasteiger partial charge in [-0.2, -0.15) is 0 Å². The Labute approximate surface area is 105 Å². The Bertz CT molecular complexity index is 274. The van der Waals surface area contributed by atoms with Crippen molar-refractivity contribution < 1.29 is 0 Å². The average Bonchev–Trinajstić information content (AvgIpc) is 2.39. The van der Waals surface area contributed by atoms with E-state index < -0.39 is 0 Å². The van der Waals surface area contributed by atoms with Crippen molar-refractivity contribution in [3.05, 3.63) is 30.1 Å². The fourth-order valence-corrected chi connectivity index (χ4v) is 2.07. The summed E-state index contributed by atoms with van der Waals surface area (Å²) in [4.78, 5) is 4.02. The van der Waals surface area contributed by atoms with Gasteiger partial charge in [-0.3, -0.25) is 16.3 Å². The lowest BCUT2D eigenvalue weighted by Crippen LogP contribution is -2.27. The van der Waals surface area contributed by atoms with Gasteiger partial charge in [0, 0.05) is 18.4 Å². The van der Waals surface area contributed by atoms with E-state index in [4.69, 9.17) is 5.84 Å². The van der Waals surface area contributed by atoms with E-state index in [2.05, 4.69) is 17.3 Å². The zero-order valence-corrected chi connectivity index (χ0v) is 10.9. The molecule has 1 rings (SSSR count). The molecule has 0 radical (unpaired) electrons. The Balaban J connectivity index is 2.20. The van der Waals surface area contributed by atoms with Gasteiger partial charge in [0.1, 0.15) is 0 Å². The third kappa shape index (κ3) is 5.80. The second-order valence-corrected chi connectivity index (χ2v) is 4.56. The van der Waals surface area contributed by atoms with Crippen LogP contribution in [0.25, 0.3) is 0 Å². The molecule has 0 bridgehead atoms. The van der Waals surface area contributed by atoms with Crippen molar-refractivity contribution in [1.82, 2.24) is 10.4 Å². The summed E-state index contributed by atoms with van der Waals surface area (Å²) in [6, 6.07) is 4.33. The number of hydrogen-bond donors (Lipinski definition) is 2. The Hall–Kier alpha value is -0.930. The lowest BCUT2D eigenvalue weighted by molar-refractivity contribution is 0.477. The molecule has 1 atom stereocenters. The first-order valence-electron chi connectivity index (χ1n) is 6.74. The standard InChI is InChI=1S/C14H25N3/c1-2-3-4-5-6-7-8-14(17-15)13-9-11-16-12-10-13/h9-12,14,17H,2-8,15H2,1H3. The Morgan fingerprint density at radius 2 is 1.76 bits per heavy atom. The molecule has 3 heteroatoms. The fourth-order valence-electron chi connectivity index (χ4n) is 2.07. The summed E-state index contributed by atoms with van der Waals surface area (Å²) in [5, 5.41) is 0. The first kappa shape index (κ1) is 14.1. The summed E-state index contributed by atoms with van der Waals surface area (Å²) in [5.74, 6) is 5.60. The zero-order chi connectivity index (χ0) is 12.3. The first-order valence-corrected chi connectivity index (χ1v) is 6.74. The van der Waals surface area contributed by atoms with Crippen LogP contribution in [-0.2, 0) is 0 Å². The van der Waals surface area contributed by atoms with Gasteiger partial charge in [-0.05, 0) is 24.1 Å². The van der Waals surface area contributed by atoms with Gasteiger partial charge >= 0.3 is 0 Å². The third-order valence-electron chi connectivity index (χ3n) is 3.16. The maximum Gasteiger partial charge on any atom is 0.0461 e. The molecule has 0 saturated carbocycles. The van der Waals surface area contributed by atoms with Crippen LogP contribution in [0.5, 0.6) is 0 Å². The van der Waals surface area contributed by atoms with Gasteiger partial charge in [0.15, 0.2) is 0 Å². The minimum atomic E-state index is 0.268. The van der Waals surface area contributed by atoms with Crippen molar-refractivity contribution in [2.45, 2.75) is 57.9 Å². The molecule has 0 aliphatic carbocycles. The van der Waals surface area contributed by atoms with Crippen LogP contribution >= 0.6 is 0 Å². The number of nitrogens with zero attached hydrogens (tertiary/aromatic N) is 1. The molecule has 17 heavy (non-hydrogen) atoms. The van der Waals surface area contributed by atoms with Crippen molar-refractivity contribution in [1.29, 1.82) is 0 Å². The molecule has 1 aromatic rings. The molecule has 0 aliphatic heterocycles. The average molecular weight is 235 g/mol. The van der Waals surface area contributed by atoms with E-state index in [0.717, 1.165) is 6.42 Å². The summed E-state index contributed by atoms with van der Waals surface area (Å²) in [7, 11) is 0. The minimum Gasteiger partial charge on any atom is -0.271 e. The highest BCUT2D eigenvalue weighted by Crippen LogP contribution is 2.18. The SMILES string of the molecule is CCCCCCCCC(NN)c1ccncc1. The molecule has 3 nitrogen and oxygen atoms in total. The zero-order valence-electron chi connectivity index (χ0n) is 10.9. The molecule has 0 amide bonds. The maximum atomic E-state index is 5.60. The van der Waals surface area contributed by atoms with Gasteiger partial charge < -0.3 is 0 Å². The lowest BCUT2D eigenvalue weighted by Gasteiger charge is -2.15. The highest BCUT2D eigenvalue weighted by Gasteiger charge is 2.08. The smallest absolute Gasteiger partial charge is 0.0461 e. The molecule has 1 aromatic heterocycles. The highest BCUT2D eigenvalue weighted by atomic mass is 15.2. The van der Waals surface area contributed by atoms with Gasteiger partial charge in [-0.15, -0.1) is 0 Å². The predicted molar refractivity (Wildman–Crippen MR) is 72.3 cm³/mol. The Kier molecular flexibility index (Phi) is 7.60. The topological polar surface area (TPSA) is 50.9 Å². The summed E-state index contributed by atoms with van der Waals surface area (Å²) in [6.07, 6.45) is 12.7. The van der Waals surface area contributed by atoms with Crippen molar-refractivity contribution in [2.24, 2.45) is 5.84 Å². The molecule has 1 heterocycles. The van der Waals surface area contributed by atoms with E-state index in [9.17, 15) is 0 Å². The molecule has 1 unspecified atom stereocenters. The van der Waals surface area contributed by atoms with Crippen molar-refractivity contribution in [3.63, 3.8) is 0 Å². The number of rotatable bonds is 9. The monoisotopic (exact) mass is 235 g/mol. The number of nitrogens with one attached hydrogen (secondary N) is 1. The van der Waals surface area contributed by atoms with Crippen LogP contribution in [0.4, 0.5) is 0 Å². The number of nitrogens with two attached hydrogens (primary N) is 1. The van der Waals surface area contributed by atoms with Crippen molar-refractivity contribution in [3.8, 4) is 0 Å². The van der Waals surface area contributed by atoms with E-state index in [1.807, 2.05) is 24.5 Å². The summed E-state index contributed by atoms with van der Waals surface area (Å²) >= 11 is 0. The summed E-state index contributed by atoms with van der Waals surface area (Å²) in [6.45, 7) is 2.25. The lowest BCUT2D eigenvalue weighted by atomic mass is 10.0. The molecule has 3 N–H and O–H groups in total. The van der Waals surface area contributed by atoms with Crippen LogP contribution in [0.2, 0.25) is 0 Å². The van der Waals surface area contributed by atoms with E-state index in [0.29, 0.717) is 0 Å². The summed E-state index contributed by atoms with van der Waals surface area (Å²) in [5.41, 5.74) is 4.13. The number of aromatic nitrogens is 1. The Morgan fingerprint density at radius 1 is 1.12 bits per heavy atom. The second kappa shape index (κ2) is 9.14. The van der Waals surface area contributed by atoms with E-state index >= 15 is 0 Å². The quantitative estimate of drug-likeness (QED) is 0.392. The number of hydrogen-bond acceptors (Lipinski definition) is 3. The van der Waals surface area contributed by atoms with Crippen LogP contribution in [0, 0.1) is 0 Å². The molecule has 96 valence electrons. The van der Waals surface area contributed by atoms with Crippen molar-refractivity contribution >= 4 is 0 Å². The molecule has 0 saturated heterocycles. The van der Waals surface area contributed by atoms with E-state index in [-0.39, 0.29) is 6.04 Å². The predicted octanol–water partition coefficient (Wildman–Crippen LogP) is 3.34. The van der Waals surface area contributed by atoms with E-state index in [1.54, 1.807) is 0 Å². The van der Waals surface area contributed by atoms with Crippen LogP contribution in [0.3, 0.4) is 0 Å². The normalized spacial score (nSPS) is 12.6. The fraction of sp³-hybridized carbons (Fsp3) is 0.643. The van der Waals surface area contributed by atoms with E-state index in [1.165, 1.54) is 44.1 Å². The molecular formula is C14H25N3. The summed E-state index contributed by atoms with van der Waals surface area (Å²) < 4.78 is 0. The number of pyridine rings is 1. The second-order valence-electron chi connectivity index (χ2n) is 4.56. The van der Waals surface area contributed by atoms with Crippen LogP contribution in [-0.4, -0.2) is 4.98 Å². The van der Waals surface area contributed by atoms with Crippen molar-refractivity contribution in [2.75, 3.05) is 0 Å². The Morgan fingerprint density at radius 3 is 2.41 bits per heavy atom. The molecule has 0 aromatic carbocycles. The molecular weight excluding hydrogens is 210 g/mol. The van der Waals surface area contributed by atoms with Gasteiger partial charge in [-0.1, -0.05) is 45.4 Å². The maximum absolute atomic E-state index is 5.60.